The fourth-order valence-corrected chi connectivity index (χ4v) is 2.81. The van der Waals surface area contributed by atoms with Gasteiger partial charge in [0, 0.05) is 10.0 Å². The molecule has 0 N–H and O–H groups in total. The van der Waals surface area contributed by atoms with E-state index in [-0.39, 0.29) is 5.38 Å². The number of alkyl halides is 1. The summed E-state index contributed by atoms with van der Waals surface area (Å²) in [6, 6.07) is 5.99. The summed E-state index contributed by atoms with van der Waals surface area (Å²) in [5.74, 6) is 2.24. The van der Waals surface area contributed by atoms with E-state index in [0.717, 1.165) is 21.7 Å². The van der Waals surface area contributed by atoms with Crippen molar-refractivity contribution in [2.45, 2.75) is 18.7 Å². The van der Waals surface area contributed by atoms with Gasteiger partial charge in [-0.1, -0.05) is 22.9 Å². The molecule has 1 aromatic carbocycles. The number of ether oxygens (including phenoxy) is 1. The third-order valence-electron chi connectivity index (χ3n) is 3.04. The van der Waals surface area contributed by atoms with Crippen molar-refractivity contribution in [3.05, 3.63) is 28.2 Å². The van der Waals surface area contributed by atoms with E-state index in [0.29, 0.717) is 5.92 Å². The highest BCUT2D eigenvalue weighted by molar-refractivity contribution is 9.10. The molecule has 1 aliphatic carbocycles. The lowest BCUT2D eigenvalue weighted by molar-refractivity contribution is 0.407. The molecule has 15 heavy (non-hydrogen) atoms. The maximum absolute atomic E-state index is 6.45. The van der Waals surface area contributed by atoms with Crippen LogP contribution < -0.4 is 4.74 Å². The minimum atomic E-state index is 0.0763. The first-order chi connectivity index (χ1) is 7.13. The van der Waals surface area contributed by atoms with E-state index >= 15 is 0 Å². The molecule has 2 rings (SSSR count). The average molecular weight is 290 g/mol. The van der Waals surface area contributed by atoms with Crippen LogP contribution in [0.4, 0.5) is 0 Å². The zero-order valence-electron chi connectivity index (χ0n) is 8.84. The summed E-state index contributed by atoms with van der Waals surface area (Å²) in [4.78, 5) is 0. The summed E-state index contributed by atoms with van der Waals surface area (Å²) in [6.45, 7) is 2.24. The number of benzene rings is 1. The summed E-state index contributed by atoms with van der Waals surface area (Å²) in [5.41, 5.74) is 1.10. The molecule has 0 radical (unpaired) electrons. The van der Waals surface area contributed by atoms with Gasteiger partial charge in [0.2, 0.25) is 0 Å². The maximum Gasteiger partial charge on any atom is 0.123 e. The fraction of sp³-hybridized carbons (Fsp3) is 0.500. The van der Waals surface area contributed by atoms with Crippen LogP contribution in [-0.2, 0) is 0 Å². The van der Waals surface area contributed by atoms with Crippen molar-refractivity contribution in [1.29, 1.82) is 0 Å². The molecule has 82 valence electrons. The molecule has 0 aromatic heterocycles. The molecule has 1 aliphatic rings. The molecule has 3 unspecified atom stereocenters. The van der Waals surface area contributed by atoms with Crippen LogP contribution in [0, 0.1) is 11.8 Å². The Morgan fingerprint density at radius 2 is 2.20 bits per heavy atom. The summed E-state index contributed by atoms with van der Waals surface area (Å²) < 4.78 is 6.38. The number of halogens is 2. The molecular weight excluding hydrogens is 275 g/mol. The first kappa shape index (κ1) is 11.3. The summed E-state index contributed by atoms with van der Waals surface area (Å²) in [6.07, 6.45) is 1.23. The Hall–Kier alpha value is -0.210. The van der Waals surface area contributed by atoms with Gasteiger partial charge >= 0.3 is 0 Å². The topological polar surface area (TPSA) is 9.23 Å². The highest BCUT2D eigenvalue weighted by atomic mass is 79.9. The molecule has 0 bridgehead atoms. The van der Waals surface area contributed by atoms with Gasteiger partial charge in [-0.25, -0.2) is 0 Å². The number of hydrogen-bond donors (Lipinski definition) is 0. The largest absolute Gasteiger partial charge is 0.496 e. The molecule has 0 saturated heterocycles. The van der Waals surface area contributed by atoms with Crippen molar-refractivity contribution >= 4 is 27.5 Å². The quantitative estimate of drug-likeness (QED) is 0.750. The monoisotopic (exact) mass is 288 g/mol. The van der Waals surface area contributed by atoms with Crippen LogP contribution >= 0.6 is 27.5 Å². The third kappa shape index (κ3) is 2.31. The second-order valence-corrected chi connectivity index (χ2v) is 5.55. The molecule has 3 heteroatoms. The van der Waals surface area contributed by atoms with E-state index in [9.17, 15) is 0 Å². The normalized spacial score (nSPS) is 26.1. The lowest BCUT2D eigenvalue weighted by Gasteiger charge is -2.14. The van der Waals surface area contributed by atoms with Gasteiger partial charge in [0.15, 0.2) is 0 Å². The zero-order valence-corrected chi connectivity index (χ0v) is 11.2. The number of methoxy groups -OCH3 is 1. The van der Waals surface area contributed by atoms with Crippen molar-refractivity contribution in [3.63, 3.8) is 0 Å². The smallest absolute Gasteiger partial charge is 0.123 e. The van der Waals surface area contributed by atoms with Crippen molar-refractivity contribution in [2.75, 3.05) is 7.11 Å². The van der Waals surface area contributed by atoms with E-state index in [1.165, 1.54) is 6.42 Å². The van der Waals surface area contributed by atoms with Crippen LogP contribution in [-0.4, -0.2) is 7.11 Å². The van der Waals surface area contributed by atoms with Crippen LogP contribution in [0.2, 0.25) is 0 Å². The maximum atomic E-state index is 6.45. The Morgan fingerprint density at radius 3 is 2.73 bits per heavy atom. The van der Waals surface area contributed by atoms with Gasteiger partial charge in [-0.2, -0.15) is 0 Å². The third-order valence-corrected chi connectivity index (χ3v) is 4.09. The second-order valence-electron chi connectivity index (χ2n) is 4.16. The van der Waals surface area contributed by atoms with E-state index in [2.05, 4.69) is 28.9 Å². The minimum Gasteiger partial charge on any atom is -0.496 e. The summed E-state index contributed by atoms with van der Waals surface area (Å²) >= 11 is 9.92. The van der Waals surface area contributed by atoms with Gasteiger partial charge in [0.25, 0.3) is 0 Å². The second kappa shape index (κ2) is 4.34. The Morgan fingerprint density at radius 1 is 1.53 bits per heavy atom. The standard InChI is InChI=1S/C12H14BrClO/c1-7-5-9(7)12(14)10-6-8(13)3-4-11(10)15-2/h3-4,6-7,9,12H,5H2,1-2H3. The van der Waals surface area contributed by atoms with Crippen LogP contribution in [0.15, 0.2) is 22.7 Å². The van der Waals surface area contributed by atoms with Crippen molar-refractivity contribution in [3.8, 4) is 5.75 Å². The predicted molar refractivity (Wildman–Crippen MR) is 66.6 cm³/mol. The number of hydrogen-bond acceptors (Lipinski definition) is 1. The van der Waals surface area contributed by atoms with Gasteiger partial charge < -0.3 is 4.74 Å². The molecule has 1 nitrogen and oxygen atoms in total. The van der Waals surface area contributed by atoms with E-state index in [1.54, 1.807) is 7.11 Å². The van der Waals surface area contributed by atoms with Crippen LogP contribution in [0.3, 0.4) is 0 Å². The van der Waals surface area contributed by atoms with Gasteiger partial charge in [0.05, 0.1) is 12.5 Å². The fourth-order valence-electron chi connectivity index (χ4n) is 1.91. The predicted octanol–water partition coefficient (Wildman–Crippen LogP) is 4.39. The lowest BCUT2D eigenvalue weighted by Crippen LogP contribution is -1.98. The summed E-state index contributed by atoms with van der Waals surface area (Å²) in [5, 5.41) is 0.0763. The van der Waals surface area contributed by atoms with Gasteiger partial charge in [-0.05, 0) is 36.5 Å². The van der Waals surface area contributed by atoms with Crippen molar-refractivity contribution < 1.29 is 4.74 Å². The van der Waals surface area contributed by atoms with Gasteiger partial charge in [-0.3, -0.25) is 0 Å². The Labute approximate surface area is 104 Å². The molecule has 1 aromatic rings. The van der Waals surface area contributed by atoms with Crippen LogP contribution in [0.5, 0.6) is 5.75 Å². The van der Waals surface area contributed by atoms with Gasteiger partial charge in [0.1, 0.15) is 5.75 Å². The summed E-state index contributed by atoms with van der Waals surface area (Å²) in [7, 11) is 1.69. The molecule has 0 aliphatic heterocycles. The zero-order chi connectivity index (χ0) is 11.0. The SMILES string of the molecule is COc1ccc(Br)cc1C(Cl)C1CC1C. The molecule has 1 fully saturated rings. The molecule has 3 atom stereocenters. The molecular formula is C12H14BrClO. The first-order valence-electron chi connectivity index (χ1n) is 5.11. The minimum absolute atomic E-state index is 0.0763. The lowest BCUT2D eigenvalue weighted by atomic mass is 10.1. The Bertz CT molecular complexity index is 367. The average Bonchev–Trinajstić information content (AvgIpc) is 2.94. The highest BCUT2D eigenvalue weighted by Crippen LogP contribution is 2.52. The first-order valence-corrected chi connectivity index (χ1v) is 6.34. The Kier molecular flexibility index (Phi) is 3.27. The van der Waals surface area contributed by atoms with Crippen LogP contribution in [0.25, 0.3) is 0 Å². The Balaban J connectivity index is 2.28. The number of rotatable bonds is 3. The molecule has 0 amide bonds. The molecule has 0 heterocycles. The molecule has 0 spiro atoms. The van der Waals surface area contributed by atoms with Gasteiger partial charge in [-0.15, -0.1) is 11.6 Å². The van der Waals surface area contributed by atoms with E-state index in [1.807, 2.05) is 12.1 Å². The van der Waals surface area contributed by atoms with E-state index in [4.69, 9.17) is 16.3 Å². The van der Waals surface area contributed by atoms with Crippen LogP contribution in [0.1, 0.15) is 24.3 Å². The van der Waals surface area contributed by atoms with Crippen molar-refractivity contribution in [2.24, 2.45) is 11.8 Å². The van der Waals surface area contributed by atoms with Crippen molar-refractivity contribution in [1.82, 2.24) is 0 Å². The van der Waals surface area contributed by atoms with E-state index < -0.39 is 0 Å². The molecule has 1 saturated carbocycles. The highest BCUT2D eigenvalue weighted by Gasteiger charge is 2.40.